The maximum Gasteiger partial charge on any atom is 0.335 e. The summed E-state index contributed by atoms with van der Waals surface area (Å²) in [5.41, 5.74) is 4.15. The number of aromatic carboxylic acids is 1. The lowest BCUT2D eigenvalue weighted by Gasteiger charge is -2.14. The second kappa shape index (κ2) is 6.16. The van der Waals surface area contributed by atoms with Gasteiger partial charge in [-0.1, -0.05) is 36.4 Å². The average Bonchev–Trinajstić information content (AvgIpc) is 2.81. The molecule has 2 aromatic rings. The Morgan fingerprint density at radius 3 is 2.88 bits per heavy atom. The molecule has 0 saturated heterocycles. The standard InChI is InChI=1S/C20H18N2O3/c23-19-17-10-4-7-14-6-1-2-9-16(14)18(17)21-22(19)12-13-5-3-8-15(11-13)20(24)25/h1-3,5-6,8-9,11,17H,4,7,10,12H2,(H,24,25). The largest absolute Gasteiger partial charge is 0.478 e. The average molecular weight is 334 g/mol. The monoisotopic (exact) mass is 334 g/mol. The molecule has 1 aliphatic heterocycles. The van der Waals surface area contributed by atoms with Crippen molar-refractivity contribution < 1.29 is 14.7 Å². The fourth-order valence-corrected chi connectivity index (χ4v) is 3.62. The number of benzene rings is 2. The van der Waals surface area contributed by atoms with E-state index in [0.717, 1.165) is 36.1 Å². The molecule has 4 rings (SSSR count). The van der Waals surface area contributed by atoms with Gasteiger partial charge in [0.1, 0.15) is 0 Å². The molecule has 1 N–H and O–H groups in total. The Morgan fingerprint density at radius 2 is 2.04 bits per heavy atom. The SMILES string of the molecule is O=C(O)c1cccc(CN2N=C3c4ccccc4CCCC3C2=O)c1. The van der Waals surface area contributed by atoms with E-state index in [4.69, 9.17) is 5.11 Å². The van der Waals surface area contributed by atoms with Crippen LogP contribution in [0.2, 0.25) is 0 Å². The zero-order chi connectivity index (χ0) is 17.4. The van der Waals surface area contributed by atoms with Crippen molar-refractivity contribution in [2.45, 2.75) is 25.8 Å². The van der Waals surface area contributed by atoms with Crippen molar-refractivity contribution >= 4 is 17.6 Å². The Labute approximate surface area is 145 Å². The number of hydrogen-bond donors (Lipinski definition) is 1. The van der Waals surface area contributed by atoms with Gasteiger partial charge in [-0.05, 0) is 42.5 Å². The van der Waals surface area contributed by atoms with E-state index in [2.05, 4.69) is 11.2 Å². The molecule has 5 heteroatoms. The normalized spacial score (nSPS) is 19.0. The summed E-state index contributed by atoms with van der Waals surface area (Å²) >= 11 is 0. The van der Waals surface area contributed by atoms with E-state index < -0.39 is 5.97 Å². The topological polar surface area (TPSA) is 70.0 Å². The van der Waals surface area contributed by atoms with Crippen LogP contribution in [0.15, 0.2) is 53.6 Å². The third kappa shape index (κ3) is 2.82. The Balaban J connectivity index is 1.66. The molecular formula is C20H18N2O3. The molecule has 1 amide bonds. The predicted molar refractivity (Wildman–Crippen MR) is 93.4 cm³/mol. The quantitative estimate of drug-likeness (QED) is 0.938. The molecule has 0 saturated carbocycles. The maximum atomic E-state index is 12.8. The van der Waals surface area contributed by atoms with E-state index in [0.29, 0.717) is 6.54 Å². The van der Waals surface area contributed by atoms with Crippen molar-refractivity contribution in [2.24, 2.45) is 11.0 Å². The highest BCUT2D eigenvalue weighted by molar-refractivity contribution is 6.16. The molecule has 0 fully saturated rings. The molecule has 126 valence electrons. The fraction of sp³-hybridized carbons (Fsp3) is 0.250. The number of rotatable bonds is 3. The van der Waals surface area contributed by atoms with E-state index in [1.165, 1.54) is 10.6 Å². The number of carboxylic acid groups (broad SMARTS) is 1. The fourth-order valence-electron chi connectivity index (χ4n) is 3.62. The summed E-state index contributed by atoms with van der Waals surface area (Å²) in [5, 5.41) is 15.2. The van der Waals surface area contributed by atoms with E-state index in [1.807, 2.05) is 24.3 Å². The van der Waals surface area contributed by atoms with Gasteiger partial charge < -0.3 is 5.11 Å². The van der Waals surface area contributed by atoms with Crippen molar-refractivity contribution in [3.8, 4) is 0 Å². The minimum absolute atomic E-state index is 0.00688. The first-order valence-corrected chi connectivity index (χ1v) is 8.44. The summed E-state index contributed by atoms with van der Waals surface area (Å²) in [4.78, 5) is 23.9. The number of fused-ring (bicyclic) bond motifs is 3. The van der Waals surface area contributed by atoms with Crippen LogP contribution in [0, 0.1) is 5.92 Å². The zero-order valence-corrected chi connectivity index (χ0v) is 13.7. The molecule has 5 nitrogen and oxygen atoms in total. The van der Waals surface area contributed by atoms with Crippen LogP contribution in [0.25, 0.3) is 0 Å². The maximum absolute atomic E-state index is 12.8. The molecule has 1 aliphatic carbocycles. The van der Waals surface area contributed by atoms with Gasteiger partial charge in [-0.3, -0.25) is 4.79 Å². The van der Waals surface area contributed by atoms with Crippen LogP contribution < -0.4 is 0 Å². The molecule has 2 aliphatic rings. The second-order valence-electron chi connectivity index (χ2n) is 6.49. The first kappa shape index (κ1) is 15.6. The van der Waals surface area contributed by atoms with Gasteiger partial charge in [-0.2, -0.15) is 5.10 Å². The van der Waals surface area contributed by atoms with Gasteiger partial charge in [0, 0.05) is 5.56 Å². The molecular weight excluding hydrogens is 316 g/mol. The van der Waals surface area contributed by atoms with E-state index in [-0.39, 0.29) is 17.4 Å². The Morgan fingerprint density at radius 1 is 1.20 bits per heavy atom. The van der Waals surface area contributed by atoms with Gasteiger partial charge in [0.25, 0.3) is 5.91 Å². The molecule has 1 unspecified atom stereocenters. The highest BCUT2D eigenvalue weighted by Gasteiger charge is 2.38. The van der Waals surface area contributed by atoms with Crippen LogP contribution in [0.1, 0.15) is 39.9 Å². The first-order chi connectivity index (χ1) is 12.1. The molecule has 25 heavy (non-hydrogen) atoms. The Kier molecular flexibility index (Phi) is 3.84. The molecule has 1 atom stereocenters. The summed E-state index contributed by atoms with van der Waals surface area (Å²) < 4.78 is 0. The highest BCUT2D eigenvalue weighted by atomic mass is 16.4. The molecule has 0 spiro atoms. The summed E-state index contributed by atoms with van der Waals surface area (Å²) in [7, 11) is 0. The first-order valence-electron chi connectivity index (χ1n) is 8.44. The highest BCUT2D eigenvalue weighted by Crippen LogP contribution is 2.31. The van der Waals surface area contributed by atoms with Gasteiger partial charge in [-0.25, -0.2) is 9.80 Å². The number of hydrogen-bond acceptors (Lipinski definition) is 3. The van der Waals surface area contributed by atoms with Crippen LogP contribution >= 0.6 is 0 Å². The van der Waals surface area contributed by atoms with Crippen LogP contribution in [0.3, 0.4) is 0 Å². The summed E-state index contributed by atoms with van der Waals surface area (Å²) in [6.45, 7) is 0.294. The molecule has 2 aromatic carbocycles. The van der Waals surface area contributed by atoms with Crippen LogP contribution in [-0.4, -0.2) is 27.7 Å². The van der Waals surface area contributed by atoms with Crippen LogP contribution in [0.4, 0.5) is 0 Å². The van der Waals surface area contributed by atoms with Gasteiger partial charge in [0.15, 0.2) is 0 Å². The predicted octanol–water partition coefficient (Wildman–Crippen LogP) is 3.08. The van der Waals surface area contributed by atoms with E-state index >= 15 is 0 Å². The third-order valence-electron chi connectivity index (χ3n) is 4.85. The Hall–Kier alpha value is -2.95. The van der Waals surface area contributed by atoms with Crippen molar-refractivity contribution in [3.05, 3.63) is 70.8 Å². The molecule has 0 aromatic heterocycles. The number of amides is 1. The van der Waals surface area contributed by atoms with Crippen LogP contribution in [-0.2, 0) is 17.8 Å². The van der Waals surface area contributed by atoms with Crippen molar-refractivity contribution in [1.29, 1.82) is 0 Å². The van der Waals surface area contributed by atoms with Crippen LogP contribution in [0.5, 0.6) is 0 Å². The lowest BCUT2D eigenvalue weighted by molar-refractivity contribution is -0.132. The van der Waals surface area contributed by atoms with Gasteiger partial charge in [0.05, 0.1) is 23.7 Å². The molecule has 0 radical (unpaired) electrons. The molecule has 0 bridgehead atoms. The third-order valence-corrected chi connectivity index (χ3v) is 4.85. The number of carbonyl (C=O) groups excluding carboxylic acids is 1. The number of hydrazone groups is 1. The lowest BCUT2D eigenvalue weighted by atomic mass is 9.94. The minimum Gasteiger partial charge on any atom is -0.478 e. The van der Waals surface area contributed by atoms with E-state index in [1.54, 1.807) is 18.2 Å². The van der Waals surface area contributed by atoms with Crippen molar-refractivity contribution in [3.63, 3.8) is 0 Å². The number of carboxylic acids is 1. The Bertz CT molecular complexity index is 888. The zero-order valence-electron chi connectivity index (χ0n) is 13.7. The van der Waals surface area contributed by atoms with Gasteiger partial charge in [-0.15, -0.1) is 0 Å². The number of nitrogens with zero attached hydrogens (tertiary/aromatic N) is 2. The van der Waals surface area contributed by atoms with Crippen molar-refractivity contribution in [2.75, 3.05) is 0 Å². The molecule has 1 heterocycles. The second-order valence-corrected chi connectivity index (χ2v) is 6.49. The summed E-state index contributed by atoms with van der Waals surface area (Å²) in [6.07, 6.45) is 2.74. The minimum atomic E-state index is -0.972. The lowest BCUT2D eigenvalue weighted by Crippen LogP contribution is -2.27. The van der Waals surface area contributed by atoms with Gasteiger partial charge >= 0.3 is 5.97 Å². The van der Waals surface area contributed by atoms with Crippen molar-refractivity contribution in [1.82, 2.24) is 5.01 Å². The smallest absolute Gasteiger partial charge is 0.335 e. The number of carbonyl (C=O) groups is 2. The van der Waals surface area contributed by atoms with E-state index in [9.17, 15) is 9.59 Å². The van der Waals surface area contributed by atoms with Gasteiger partial charge in [0.2, 0.25) is 0 Å². The summed E-state index contributed by atoms with van der Waals surface area (Å²) in [5.74, 6) is -1.15. The summed E-state index contributed by atoms with van der Waals surface area (Å²) in [6, 6.07) is 14.8. The number of aryl methyl sites for hydroxylation is 1.